The van der Waals surface area contributed by atoms with Gasteiger partial charge >= 0.3 is 0 Å². The van der Waals surface area contributed by atoms with Crippen LogP contribution < -0.4 is 4.72 Å². The number of nitrogens with zero attached hydrogens (tertiary/aromatic N) is 1. The van der Waals surface area contributed by atoms with E-state index >= 15 is 0 Å². The minimum absolute atomic E-state index is 0.169. The molecule has 1 aliphatic rings. The number of thiol groups is 1. The molecule has 4 rings (SSSR count). The lowest BCUT2D eigenvalue weighted by atomic mass is 9.75. The Morgan fingerprint density at radius 1 is 1.30 bits per heavy atom. The first-order chi connectivity index (χ1) is 14.4. The van der Waals surface area contributed by atoms with E-state index in [1.807, 2.05) is 35.7 Å². The lowest BCUT2D eigenvalue weighted by Crippen LogP contribution is -2.21. The first-order valence-electron chi connectivity index (χ1n) is 10.3. The van der Waals surface area contributed by atoms with E-state index in [1.165, 1.54) is 28.0 Å². The molecule has 3 nitrogen and oxygen atoms in total. The van der Waals surface area contributed by atoms with Gasteiger partial charge in [-0.15, -0.1) is 11.3 Å². The number of rotatable bonds is 6. The normalized spacial score (nSPS) is 15.0. The maximum absolute atomic E-state index is 10.5. The summed E-state index contributed by atoms with van der Waals surface area (Å²) in [4.78, 5) is 6.96. The van der Waals surface area contributed by atoms with Crippen molar-refractivity contribution in [2.24, 2.45) is 5.41 Å². The SMILES string of the molecule is C=C(O)c1c(-c2ccc(Cc3ccccn3)cc2CNS)sc2c1CC(C)(C)CC2. The van der Waals surface area contributed by atoms with E-state index in [0.717, 1.165) is 41.0 Å². The Balaban J connectivity index is 1.78. The molecule has 156 valence electrons. The summed E-state index contributed by atoms with van der Waals surface area (Å²) in [5, 5.41) is 10.5. The molecule has 0 unspecified atom stereocenters. The van der Waals surface area contributed by atoms with E-state index in [4.69, 9.17) is 0 Å². The van der Waals surface area contributed by atoms with Gasteiger partial charge in [0.1, 0.15) is 5.76 Å². The van der Waals surface area contributed by atoms with Crippen molar-refractivity contribution in [1.82, 2.24) is 9.71 Å². The van der Waals surface area contributed by atoms with Gasteiger partial charge in [-0.2, -0.15) is 0 Å². The monoisotopic (exact) mass is 436 g/mol. The van der Waals surface area contributed by atoms with Crippen molar-refractivity contribution in [3.63, 3.8) is 0 Å². The molecule has 3 aromatic rings. The zero-order valence-electron chi connectivity index (χ0n) is 17.5. The van der Waals surface area contributed by atoms with Gasteiger partial charge in [0.05, 0.1) is 0 Å². The van der Waals surface area contributed by atoms with E-state index < -0.39 is 0 Å². The molecule has 2 heterocycles. The van der Waals surface area contributed by atoms with Gasteiger partial charge in [-0.05, 0) is 59.1 Å². The highest BCUT2D eigenvalue weighted by atomic mass is 32.1. The summed E-state index contributed by atoms with van der Waals surface area (Å²) >= 11 is 6.07. The zero-order valence-corrected chi connectivity index (χ0v) is 19.2. The maximum Gasteiger partial charge on any atom is 0.117 e. The molecule has 0 spiro atoms. The minimum Gasteiger partial charge on any atom is -0.508 e. The van der Waals surface area contributed by atoms with Crippen LogP contribution in [0.3, 0.4) is 0 Å². The van der Waals surface area contributed by atoms with Crippen LogP contribution in [0.25, 0.3) is 16.2 Å². The van der Waals surface area contributed by atoms with Crippen molar-refractivity contribution in [2.75, 3.05) is 0 Å². The van der Waals surface area contributed by atoms with Crippen molar-refractivity contribution in [3.05, 3.63) is 82.0 Å². The highest BCUT2D eigenvalue weighted by Crippen LogP contribution is 2.47. The second-order valence-corrected chi connectivity index (χ2v) is 10.2. The number of benzene rings is 1. The number of thiophene rings is 1. The quantitative estimate of drug-likeness (QED) is 0.310. The van der Waals surface area contributed by atoms with E-state index in [-0.39, 0.29) is 11.2 Å². The first kappa shape index (κ1) is 21.2. The predicted octanol–water partition coefficient (Wildman–Crippen LogP) is 6.38. The second kappa shape index (κ2) is 8.58. The average molecular weight is 437 g/mol. The molecule has 0 atom stereocenters. The second-order valence-electron chi connectivity index (χ2n) is 8.82. The summed E-state index contributed by atoms with van der Waals surface area (Å²) in [5.41, 5.74) is 7.03. The van der Waals surface area contributed by atoms with Gasteiger partial charge in [0.25, 0.3) is 0 Å². The lowest BCUT2D eigenvalue weighted by molar-refractivity contribution is 0.317. The molecular formula is C25H28N2OS2. The molecule has 0 amide bonds. The smallest absolute Gasteiger partial charge is 0.117 e. The average Bonchev–Trinajstić information content (AvgIpc) is 3.06. The van der Waals surface area contributed by atoms with E-state index in [2.05, 4.69) is 61.1 Å². The van der Waals surface area contributed by atoms with Gasteiger partial charge in [-0.3, -0.25) is 9.71 Å². The number of aliphatic hydroxyl groups excluding tert-OH is 1. The highest BCUT2D eigenvalue weighted by Gasteiger charge is 2.31. The molecule has 0 saturated heterocycles. The van der Waals surface area contributed by atoms with Crippen LogP contribution in [-0.4, -0.2) is 10.1 Å². The molecule has 2 aromatic heterocycles. The first-order valence-corrected chi connectivity index (χ1v) is 11.6. The Morgan fingerprint density at radius 2 is 2.13 bits per heavy atom. The van der Waals surface area contributed by atoms with E-state index in [1.54, 1.807) is 0 Å². The minimum atomic E-state index is 0.169. The standard InChI is InChI=1S/C25H28N2OS2/c1-16(28)23-21-14-25(2,3)10-9-22(21)30-24(23)20-8-7-17(12-18(20)15-27-29)13-19-6-4-5-11-26-19/h4-8,11-12,27-29H,1,9-10,13-15H2,2-3H3. The van der Waals surface area contributed by atoms with Crippen molar-refractivity contribution in [3.8, 4) is 10.4 Å². The number of aryl methyl sites for hydroxylation is 1. The Labute approximate surface area is 188 Å². The number of hydrogen-bond acceptors (Lipinski definition) is 5. The maximum atomic E-state index is 10.5. The van der Waals surface area contributed by atoms with Crippen molar-refractivity contribution < 1.29 is 5.11 Å². The number of pyridine rings is 1. The fourth-order valence-corrected chi connectivity index (χ4v) is 5.91. The Kier molecular flexibility index (Phi) is 6.05. The molecule has 1 aliphatic carbocycles. The molecule has 5 heteroatoms. The molecule has 0 fully saturated rings. The third-order valence-electron chi connectivity index (χ3n) is 5.86. The molecular weight excluding hydrogens is 408 g/mol. The van der Waals surface area contributed by atoms with Crippen LogP contribution >= 0.6 is 24.2 Å². The van der Waals surface area contributed by atoms with Crippen LogP contribution in [0.1, 0.15) is 53.1 Å². The Bertz CT molecular complexity index is 1070. The molecule has 0 saturated carbocycles. The number of fused-ring (bicyclic) bond motifs is 1. The van der Waals surface area contributed by atoms with Crippen LogP contribution in [0.2, 0.25) is 0 Å². The van der Waals surface area contributed by atoms with Gasteiger partial charge in [0, 0.05) is 40.2 Å². The molecule has 0 radical (unpaired) electrons. The molecule has 2 N–H and O–H groups in total. The topological polar surface area (TPSA) is 45.2 Å². The Hall–Kier alpha value is -2.08. The summed E-state index contributed by atoms with van der Waals surface area (Å²) in [5.74, 6) is 0.169. The van der Waals surface area contributed by atoms with E-state index in [0.29, 0.717) is 6.54 Å². The van der Waals surface area contributed by atoms with Crippen molar-refractivity contribution >= 4 is 29.9 Å². The number of aromatic nitrogens is 1. The molecule has 0 aliphatic heterocycles. The molecule has 30 heavy (non-hydrogen) atoms. The summed E-state index contributed by atoms with van der Waals surface area (Å²) < 4.78 is 3.01. The Morgan fingerprint density at radius 3 is 2.83 bits per heavy atom. The summed E-state index contributed by atoms with van der Waals surface area (Å²) in [6.45, 7) is 9.16. The van der Waals surface area contributed by atoms with Crippen molar-refractivity contribution in [2.45, 2.75) is 46.1 Å². The van der Waals surface area contributed by atoms with Crippen LogP contribution in [0.5, 0.6) is 0 Å². The fraction of sp³-hybridized carbons (Fsp3) is 0.320. The van der Waals surface area contributed by atoms with Gasteiger partial charge < -0.3 is 5.11 Å². The van der Waals surface area contributed by atoms with Gasteiger partial charge in [0.15, 0.2) is 0 Å². The van der Waals surface area contributed by atoms with Gasteiger partial charge in [0.2, 0.25) is 0 Å². The van der Waals surface area contributed by atoms with E-state index in [9.17, 15) is 5.11 Å². The third-order valence-corrected chi connectivity index (χ3v) is 7.34. The zero-order chi connectivity index (χ0) is 21.3. The summed E-state index contributed by atoms with van der Waals surface area (Å²) in [6, 6.07) is 12.6. The fourth-order valence-electron chi connectivity index (χ4n) is 4.34. The summed E-state index contributed by atoms with van der Waals surface area (Å²) in [6.07, 6.45) is 5.83. The summed E-state index contributed by atoms with van der Waals surface area (Å²) in [7, 11) is 0. The number of aliphatic hydroxyl groups is 1. The lowest BCUT2D eigenvalue weighted by Gasteiger charge is -2.30. The van der Waals surface area contributed by atoms with Crippen LogP contribution in [0.4, 0.5) is 0 Å². The largest absolute Gasteiger partial charge is 0.508 e. The number of nitrogens with one attached hydrogen (secondary N) is 1. The van der Waals surface area contributed by atoms with Crippen LogP contribution in [0.15, 0.2) is 49.2 Å². The van der Waals surface area contributed by atoms with Crippen LogP contribution in [0, 0.1) is 5.41 Å². The van der Waals surface area contributed by atoms with Crippen molar-refractivity contribution in [1.29, 1.82) is 0 Å². The van der Waals surface area contributed by atoms with Crippen LogP contribution in [-0.2, 0) is 25.8 Å². The number of hydrogen-bond donors (Lipinski definition) is 3. The molecule has 1 aromatic carbocycles. The van der Waals surface area contributed by atoms with Gasteiger partial charge in [-0.25, -0.2) is 0 Å². The molecule has 0 bridgehead atoms. The third kappa shape index (κ3) is 4.34. The van der Waals surface area contributed by atoms with Gasteiger partial charge in [-0.1, -0.05) is 57.5 Å². The highest BCUT2D eigenvalue weighted by molar-refractivity contribution is 7.78. The predicted molar refractivity (Wildman–Crippen MR) is 130 cm³/mol.